The second-order valence-electron chi connectivity index (χ2n) is 8.09. The van der Waals surface area contributed by atoms with E-state index >= 15 is 0 Å². The Morgan fingerprint density at radius 2 is 2.00 bits per heavy atom. The van der Waals surface area contributed by atoms with Gasteiger partial charge in [-0.15, -0.1) is 24.8 Å². The molecular formula is C21H34Cl2N4O2. The van der Waals surface area contributed by atoms with Crippen molar-refractivity contribution in [2.45, 2.75) is 38.3 Å². The molecule has 0 radical (unpaired) electrons. The number of halogens is 2. The lowest BCUT2D eigenvalue weighted by Gasteiger charge is -2.33. The number of amides is 2. The van der Waals surface area contributed by atoms with Gasteiger partial charge in [0.2, 0.25) is 5.91 Å². The predicted octanol–water partition coefficient (Wildman–Crippen LogP) is 2.31. The summed E-state index contributed by atoms with van der Waals surface area (Å²) in [4.78, 5) is 29.2. The number of nitrogens with zero attached hydrogens (tertiary/aromatic N) is 2. The molecule has 2 heterocycles. The minimum atomic E-state index is -0.0363. The van der Waals surface area contributed by atoms with Gasteiger partial charge in [0.15, 0.2) is 0 Å². The molecule has 1 aromatic rings. The van der Waals surface area contributed by atoms with Crippen molar-refractivity contribution in [3.05, 3.63) is 35.4 Å². The van der Waals surface area contributed by atoms with E-state index in [1.807, 2.05) is 37.2 Å². The molecule has 2 aliphatic rings. The average molecular weight is 445 g/mol. The number of carbonyl (C=O) groups excluding carboxylic acids is 2. The summed E-state index contributed by atoms with van der Waals surface area (Å²) in [5.74, 6) is 0.537. The van der Waals surface area contributed by atoms with Gasteiger partial charge < -0.3 is 20.4 Å². The highest BCUT2D eigenvalue weighted by atomic mass is 35.5. The molecule has 6 nitrogen and oxygen atoms in total. The minimum Gasteiger partial charge on any atom is -0.354 e. The van der Waals surface area contributed by atoms with Gasteiger partial charge in [-0.3, -0.25) is 9.59 Å². The van der Waals surface area contributed by atoms with Crippen molar-refractivity contribution in [2.24, 2.45) is 5.92 Å². The molecule has 2 N–H and O–H groups in total. The van der Waals surface area contributed by atoms with Gasteiger partial charge in [0.25, 0.3) is 5.91 Å². The highest BCUT2D eigenvalue weighted by Gasteiger charge is 2.27. The highest BCUT2D eigenvalue weighted by Crippen LogP contribution is 2.19. The maximum absolute atomic E-state index is 12.9. The SMILES string of the molecule is CN(C)Cc1cccc(C(=O)N2CCCC(CNC(=O)C3CCCN3)C2)c1.Cl.Cl. The Hall–Kier alpha value is -1.34. The van der Waals surface area contributed by atoms with Gasteiger partial charge in [-0.2, -0.15) is 0 Å². The van der Waals surface area contributed by atoms with Crippen LogP contribution < -0.4 is 10.6 Å². The molecule has 0 bridgehead atoms. The first kappa shape index (κ1) is 25.7. The van der Waals surface area contributed by atoms with Crippen molar-refractivity contribution in [3.63, 3.8) is 0 Å². The lowest BCUT2D eigenvalue weighted by atomic mass is 9.97. The number of hydrogen-bond donors (Lipinski definition) is 2. The van der Waals surface area contributed by atoms with Gasteiger partial charge in [-0.1, -0.05) is 12.1 Å². The Morgan fingerprint density at radius 1 is 1.21 bits per heavy atom. The fraction of sp³-hybridized carbons (Fsp3) is 0.619. The zero-order valence-electron chi connectivity index (χ0n) is 17.4. The van der Waals surface area contributed by atoms with Crippen LogP contribution in [-0.4, -0.2) is 67.9 Å². The molecule has 0 saturated carbocycles. The van der Waals surface area contributed by atoms with Crippen LogP contribution in [0.1, 0.15) is 41.6 Å². The number of hydrogen-bond acceptors (Lipinski definition) is 4. The standard InChI is InChI=1S/C21H32N4O2.2ClH/c1-24(2)14-16-6-3-8-18(12-16)21(27)25-11-5-7-17(15-25)13-23-20(26)19-9-4-10-22-19;;/h3,6,8,12,17,19,22H,4-5,7,9-11,13-15H2,1-2H3,(H,23,26);2*1H. The van der Waals surface area contributed by atoms with Crippen molar-refractivity contribution in [3.8, 4) is 0 Å². The zero-order valence-corrected chi connectivity index (χ0v) is 19.0. The van der Waals surface area contributed by atoms with Crippen LogP contribution in [0.25, 0.3) is 0 Å². The molecule has 2 fully saturated rings. The molecule has 0 aliphatic carbocycles. The average Bonchev–Trinajstić information content (AvgIpc) is 3.20. The summed E-state index contributed by atoms with van der Waals surface area (Å²) in [6, 6.07) is 7.88. The molecule has 29 heavy (non-hydrogen) atoms. The van der Waals surface area contributed by atoms with E-state index in [0.717, 1.165) is 63.0 Å². The largest absolute Gasteiger partial charge is 0.354 e. The summed E-state index contributed by atoms with van der Waals surface area (Å²) in [6.45, 7) is 3.92. The molecule has 2 amide bonds. The molecular weight excluding hydrogens is 411 g/mol. The first-order valence-corrected chi connectivity index (χ1v) is 10.1. The quantitative estimate of drug-likeness (QED) is 0.706. The summed E-state index contributed by atoms with van der Waals surface area (Å²) >= 11 is 0. The molecule has 2 saturated heterocycles. The van der Waals surface area contributed by atoms with Crippen LogP contribution in [-0.2, 0) is 11.3 Å². The minimum absolute atomic E-state index is 0. The Kier molecular flexibility index (Phi) is 11.0. The second-order valence-corrected chi connectivity index (χ2v) is 8.09. The van der Waals surface area contributed by atoms with Crippen LogP contribution in [0.15, 0.2) is 24.3 Å². The summed E-state index contributed by atoms with van der Waals surface area (Å²) in [6.07, 6.45) is 4.04. The molecule has 164 valence electrons. The molecule has 0 aromatic heterocycles. The van der Waals surface area contributed by atoms with Crippen LogP contribution in [0.3, 0.4) is 0 Å². The van der Waals surface area contributed by atoms with E-state index in [-0.39, 0.29) is 42.7 Å². The number of carbonyl (C=O) groups is 2. The molecule has 1 aromatic carbocycles. The Morgan fingerprint density at radius 3 is 2.69 bits per heavy atom. The number of nitrogens with one attached hydrogen (secondary N) is 2. The van der Waals surface area contributed by atoms with Crippen LogP contribution in [0, 0.1) is 5.92 Å². The zero-order chi connectivity index (χ0) is 19.2. The van der Waals surface area contributed by atoms with E-state index in [1.54, 1.807) is 0 Å². The first-order valence-electron chi connectivity index (χ1n) is 10.1. The fourth-order valence-electron chi connectivity index (χ4n) is 4.04. The summed E-state index contributed by atoms with van der Waals surface area (Å²) in [7, 11) is 4.05. The van der Waals surface area contributed by atoms with Crippen LogP contribution in [0.4, 0.5) is 0 Å². The van der Waals surface area contributed by atoms with E-state index < -0.39 is 0 Å². The Balaban J connectivity index is 0.00000210. The molecule has 2 aliphatic heterocycles. The van der Waals surface area contributed by atoms with E-state index in [0.29, 0.717) is 12.5 Å². The van der Waals surface area contributed by atoms with Crippen molar-refractivity contribution in [2.75, 3.05) is 40.3 Å². The first-order chi connectivity index (χ1) is 13.0. The summed E-state index contributed by atoms with van der Waals surface area (Å²) < 4.78 is 0. The maximum Gasteiger partial charge on any atom is 0.253 e. The van der Waals surface area contributed by atoms with Crippen LogP contribution >= 0.6 is 24.8 Å². The summed E-state index contributed by atoms with van der Waals surface area (Å²) in [5, 5.41) is 6.31. The van der Waals surface area contributed by atoms with Crippen molar-refractivity contribution in [1.82, 2.24) is 20.4 Å². The van der Waals surface area contributed by atoms with Gasteiger partial charge in [0.1, 0.15) is 0 Å². The molecule has 0 spiro atoms. The number of piperidine rings is 1. The third kappa shape index (κ3) is 7.45. The van der Waals surface area contributed by atoms with Gasteiger partial charge in [0, 0.05) is 31.7 Å². The van der Waals surface area contributed by atoms with Gasteiger partial charge >= 0.3 is 0 Å². The molecule has 2 atom stereocenters. The molecule has 3 rings (SSSR count). The Labute approximate surface area is 186 Å². The Bertz CT molecular complexity index is 666. The maximum atomic E-state index is 12.9. The second kappa shape index (κ2) is 12.4. The third-order valence-electron chi connectivity index (χ3n) is 5.42. The lowest BCUT2D eigenvalue weighted by Crippen LogP contribution is -2.46. The van der Waals surface area contributed by atoms with Crippen molar-refractivity contribution in [1.29, 1.82) is 0 Å². The normalized spacial score (nSPS) is 21.3. The number of rotatable bonds is 6. The van der Waals surface area contributed by atoms with Gasteiger partial charge in [0.05, 0.1) is 6.04 Å². The molecule has 2 unspecified atom stereocenters. The lowest BCUT2D eigenvalue weighted by molar-refractivity contribution is -0.123. The fourth-order valence-corrected chi connectivity index (χ4v) is 4.04. The van der Waals surface area contributed by atoms with E-state index in [1.165, 1.54) is 0 Å². The van der Waals surface area contributed by atoms with E-state index in [2.05, 4.69) is 21.6 Å². The molecule has 8 heteroatoms. The smallest absolute Gasteiger partial charge is 0.253 e. The van der Waals surface area contributed by atoms with E-state index in [9.17, 15) is 9.59 Å². The monoisotopic (exact) mass is 444 g/mol. The van der Waals surface area contributed by atoms with Gasteiger partial charge in [-0.25, -0.2) is 0 Å². The van der Waals surface area contributed by atoms with Crippen LogP contribution in [0.5, 0.6) is 0 Å². The third-order valence-corrected chi connectivity index (χ3v) is 5.42. The van der Waals surface area contributed by atoms with E-state index in [4.69, 9.17) is 0 Å². The van der Waals surface area contributed by atoms with Crippen molar-refractivity contribution < 1.29 is 9.59 Å². The topological polar surface area (TPSA) is 64.7 Å². The predicted molar refractivity (Wildman–Crippen MR) is 121 cm³/mol. The summed E-state index contributed by atoms with van der Waals surface area (Å²) in [5.41, 5.74) is 1.91. The van der Waals surface area contributed by atoms with Crippen LogP contribution in [0.2, 0.25) is 0 Å². The number of benzene rings is 1. The van der Waals surface area contributed by atoms with Gasteiger partial charge in [-0.05, 0) is 69.9 Å². The number of likely N-dealkylation sites (tertiary alicyclic amines) is 1. The van der Waals surface area contributed by atoms with Crippen molar-refractivity contribution >= 4 is 36.6 Å². The highest BCUT2D eigenvalue weighted by molar-refractivity contribution is 5.94.